The van der Waals surface area contributed by atoms with Crippen LogP contribution in [0.25, 0.3) is 0 Å². The molecule has 0 aliphatic heterocycles. The predicted molar refractivity (Wildman–Crippen MR) is 69.9 cm³/mol. The molecule has 0 radical (unpaired) electrons. The first-order chi connectivity index (χ1) is 8.68. The van der Waals surface area contributed by atoms with Gasteiger partial charge >= 0.3 is 7.12 Å². The summed E-state index contributed by atoms with van der Waals surface area (Å²) in [5.74, 6) is -0.518. The number of benzene rings is 1. The Balaban J connectivity index is 1.98. The molecule has 1 aromatic rings. The lowest BCUT2D eigenvalue weighted by molar-refractivity contribution is 0.370. The second-order valence-electron chi connectivity index (χ2n) is 4.91. The zero-order valence-corrected chi connectivity index (χ0v) is 10.4. The van der Waals surface area contributed by atoms with Crippen molar-refractivity contribution in [2.75, 3.05) is 0 Å². The SMILES string of the molecule is OB(O)c1cccc(CNC2CCCCC2)c1F. The summed E-state index contributed by atoms with van der Waals surface area (Å²) in [6, 6.07) is 5.18. The van der Waals surface area contributed by atoms with Crippen molar-refractivity contribution in [1.82, 2.24) is 5.32 Å². The number of nitrogens with one attached hydrogen (secondary N) is 1. The number of hydrogen-bond donors (Lipinski definition) is 3. The maximum Gasteiger partial charge on any atom is 0.491 e. The minimum Gasteiger partial charge on any atom is -0.423 e. The van der Waals surface area contributed by atoms with Crippen molar-refractivity contribution in [2.45, 2.75) is 44.7 Å². The molecule has 98 valence electrons. The summed E-state index contributed by atoms with van der Waals surface area (Å²) < 4.78 is 13.9. The van der Waals surface area contributed by atoms with Gasteiger partial charge in [-0.1, -0.05) is 37.5 Å². The van der Waals surface area contributed by atoms with Gasteiger partial charge in [0.15, 0.2) is 0 Å². The van der Waals surface area contributed by atoms with Crippen LogP contribution in [0.4, 0.5) is 4.39 Å². The molecule has 0 heterocycles. The molecule has 0 spiro atoms. The summed E-state index contributed by atoms with van der Waals surface area (Å²) in [7, 11) is -1.75. The minimum atomic E-state index is -1.75. The largest absolute Gasteiger partial charge is 0.491 e. The minimum absolute atomic E-state index is 0.0575. The van der Waals surface area contributed by atoms with Gasteiger partial charge in [-0.2, -0.15) is 0 Å². The van der Waals surface area contributed by atoms with Gasteiger partial charge < -0.3 is 15.4 Å². The Labute approximate surface area is 107 Å². The van der Waals surface area contributed by atoms with Crippen LogP contribution in [0, 0.1) is 5.82 Å². The van der Waals surface area contributed by atoms with Gasteiger partial charge in [-0.3, -0.25) is 0 Å². The average molecular weight is 251 g/mol. The van der Waals surface area contributed by atoms with Crippen molar-refractivity contribution in [3.63, 3.8) is 0 Å². The van der Waals surface area contributed by atoms with Gasteiger partial charge in [0.25, 0.3) is 0 Å². The van der Waals surface area contributed by atoms with E-state index in [4.69, 9.17) is 10.0 Å². The third kappa shape index (κ3) is 3.31. The molecule has 1 aliphatic carbocycles. The summed E-state index contributed by atoms with van der Waals surface area (Å²) in [5.41, 5.74) is 0.434. The molecule has 2 rings (SSSR count). The Hall–Kier alpha value is -0.905. The van der Waals surface area contributed by atoms with E-state index in [1.165, 1.54) is 25.3 Å². The molecule has 3 N–H and O–H groups in total. The Kier molecular flexibility index (Phi) is 4.75. The molecule has 1 aliphatic rings. The molecular weight excluding hydrogens is 232 g/mol. The second kappa shape index (κ2) is 6.32. The maximum atomic E-state index is 13.9. The third-order valence-corrected chi connectivity index (χ3v) is 3.57. The lowest BCUT2D eigenvalue weighted by Gasteiger charge is -2.23. The van der Waals surface area contributed by atoms with Gasteiger partial charge in [0.05, 0.1) is 0 Å². The van der Waals surface area contributed by atoms with Crippen LogP contribution in [0.1, 0.15) is 37.7 Å². The van der Waals surface area contributed by atoms with Crippen LogP contribution < -0.4 is 10.8 Å². The van der Waals surface area contributed by atoms with Crippen LogP contribution >= 0.6 is 0 Å². The summed E-state index contributed by atoms with van der Waals surface area (Å²) in [6.45, 7) is 0.442. The van der Waals surface area contributed by atoms with Crippen molar-refractivity contribution in [2.24, 2.45) is 0 Å². The van der Waals surface area contributed by atoms with E-state index in [1.54, 1.807) is 12.1 Å². The highest BCUT2D eigenvalue weighted by molar-refractivity contribution is 6.58. The lowest BCUT2D eigenvalue weighted by atomic mass is 9.79. The molecule has 0 bridgehead atoms. The van der Waals surface area contributed by atoms with E-state index in [2.05, 4.69) is 5.32 Å². The highest BCUT2D eigenvalue weighted by Gasteiger charge is 2.19. The average Bonchev–Trinajstić information content (AvgIpc) is 2.38. The Morgan fingerprint density at radius 2 is 1.94 bits per heavy atom. The zero-order chi connectivity index (χ0) is 13.0. The van der Waals surface area contributed by atoms with Crippen LogP contribution in [0.3, 0.4) is 0 Å². The van der Waals surface area contributed by atoms with Gasteiger partial charge in [0.2, 0.25) is 0 Å². The van der Waals surface area contributed by atoms with E-state index in [0.717, 1.165) is 12.8 Å². The number of hydrogen-bond acceptors (Lipinski definition) is 3. The molecule has 0 amide bonds. The van der Waals surface area contributed by atoms with Gasteiger partial charge in [-0.15, -0.1) is 0 Å². The second-order valence-corrected chi connectivity index (χ2v) is 4.91. The van der Waals surface area contributed by atoms with Crippen LogP contribution in [0.5, 0.6) is 0 Å². The highest BCUT2D eigenvalue weighted by atomic mass is 19.1. The first-order valence-corrected chi connectivity index (χ1v) is 6.55. The van der Waals surface area contributed by atoms with Crippen molar-refractivity contribution in [3.8, 4) is 0 Å². The van der Waals surface area contributed by atoms with Crippen molar-refractivity contribution < 1.29 is 14.4 Å². The lowest BCUT2D eigenvalue weighted by Crippen LogP contribution is -2.35. The van der Waals surface area contributed by atoms with E-state index < -0.39 is 12.9 Å². The molecule has 0 saturated heterocycles. The molecule has 18 heavy (non-hydrogen) atoms. The molecule has 0 aromatic heterocycles. The summed E-state index contributed by atoms with van der Waals surface area (Å²) in [5, 5.41) is 21.4. The number of rotatable bonds is 4. The molecule has 1 saturated carbocycles. The van der Waals surface area contributed by atoms with E-state index in [1.807, 2.05) is 0 Å². The topological polar surface area (TPSA) is 52.5 Å². The Morgan fingerprint density at radius 1 is 1.22 bits per heavy atom. The van der Waals surface area contributed by atoms with Gasteiger partial charge in [-0.25, -0.2) is 4.39 Å². The number of halogens is 1. The van der Waals surface area contributed by atoms with Crippen LogP contribution in [0.15, 0.2) is 18.2 Å². The van der Waals surface area contributed by atoms with Crippen LogP contribution in [-0.4, -0.2) is 23.2 Å². The highest BCUT2D eigenvalue weighted by Crippen LogP contribution is 2.18. The summed E-state index contributed by atoms with van der Waals surface area (Å²) in [4.78, 5) is 0. The summed E-state index contributed by atoms with van der Waals surface area (Å²) in [6.07, 6.45) is 6.04. The smallest absolute Gasteiger partial charge is 0.423 e. The van der Waals surface area contributed by atoms with E-state index >= 15 is 0 Å². The first kappa shape index (κ1) is 13.5. The molecule has 0 unspecified atom stereocenters. The normalized spacial score (nSPS) is 16.8. The quantitative estimate of drug-likeness (QED) is 0.698. The monoisotopic (exact) mass is 251 g/mol. The molecule has 5 heteroatoms. The van der Waals surface area contributed by atoms with E-state index in [9.17, 15) is 4.39 Å². The van der Waals surface area contributed by atoms with Crippen molar-refractivity contribution in [3.05, 3.63) is 29.6 Å². The van der Waals surface area contributed by atoms with Gasteiger partial charge in [-0.05, 0) is 12.8 Å². The fraction of sp³-hybridized carbons (Fsp3) is 0.538. The molecular formula is C13H19BFNO2. The van der Waals surface area contributed by atoms with E-state index in [-0.39, 0.29) is 5.46 Å². The summed E-state index contributed by atoms with van der Waals surface area (Å²) >= 11 is 0. The maximum absolute atomic E-state index is 13.9. The fourth-order valence-corrected chi connectivity index (χ4v) is 2.50. The standard InChI is InChI=1S/C13H19BFNO2/c15-13-10(5-4-8-12(13)14(17)18)9-16-11-6-2-1-3-7-11/h4-5,8,11,16-18H,1-3,6-7,9H2. The molecule has 1 fully saturated rings. The Bertz CT molecular complexity index is 395. The van der Waals surface area contributed by atoms with Gasteiger partial charge in [0.1, 0.15) is 5.82 Å². The van der Waals surface area contributed by atoms with Crippen LogP contribution in [-0.2, 0) is 6.54 Å². The third-order valence-electron chi connectivity index (χ3n) is 3.57. The van der Waals surface area contributed by atoms with E-state index in [0.29, 0.717) is 18.2 Å². The first-order valence-electron chi connectivity index (χ1n) is 6.55. The Morgan fingerprint density at radius 3 is 2.61 bits per heavy atom. The van der Waals surface area contributed by atoms with Crippen molar-refractivity contribution >= 4 is 12.6 Å². The predicted octanol–water partition coefficient (Wildman–Crippen LogP) is 0.928. The van der Waals surface area contributed by atoms with Gasteiger partial charge in [0, 0.05) is 23.6 Å². The fourth-order valence-electron chi connectivity index (χ4n) is 2.50. The molecule has 1 aromatic carbocycles. The van der Waals surface area contributed by atoms with Crippen molar-refractivity contribution in [1.29, 1.82) is 0 Å². The molecule has 3 nitrogen and oxygen atoms in total. The molecule has 0 atom stereocenters. The van der Waals surface area contributed by atoms with Crippen LogP contribution in [0.2, 0.25) is 0 Å². The zero-order valence-electron chi connectivity index (χ0n) is 10.4.